The summed E-state index contributed by atoms with van der Waals surface area (Å²) < 4.78 is 13.2. The van der Waals surface area contributed by atoms with Gasteiger partial charge in [-0.05, 0) is 73.5 Å². The molecule has 0 aliphatic heterocycles. The molecule has 0 atom stereocenters. The number of nitrogens with zero attached hydrogens (tertiary/aromatic N) is 3. The van der Waals surface area contributed by atoms with E-state index in [-0.39, 0.29) is 5.91 Å². The van der Waals surface area contributed by atoms with Crippen LogP contribution in [0.5, 0.6) is 11.5 Å². The van der Waals surface area contributed by atoms with E-state index >= 15 is 0 Å². The van der Waals surface area contributed by atoms with Crippen molar-refractivity contribution < 1.29 is 14.3 Å². The zero-order chi connectivity index (χ0) is 25.9. The molecule has 1 heterocycles. The topological polar surface area (TPSA) is 77.7 Å². The first-order chi connectivity index (χ1) is 18.2. The maximum atomic E-state index is 12.6. The monoisotopic (exact) mass is 496 g/mol. The molecule has 190 valence electrons. The first kappa shape index (κ1) is 25.7. The highest BCUT2D eigenvalue weighted by Crippen LogP contribution is 2.25. The summed E-state index contributed by atoms with van der Waals surface area (Å²) in [5.74, 6) is 1.26. The second-order valence-electron chi connectivity index (χ2n) is 8.51. The number of rotatable bonds is 12. The Labute approximate surface area is 217 Å². The fourth-order valence-electron chi connectivity index (χ4n) is 3.61. The zero-order valence-electron chi connectivity index (χ0n) is 21.3. The lowest BCUT2D eigenvalue weighted by molar-refractivity contribution is 0.0955. The summed E-state index contributed by atoms with van der Waals surface area (Å²) in [7, 11) is 0. The molecule has 0 spiro atoms. The van der Waals surface area contributed by atoms with Crippen molar-refractivity contribution >= 4 is 12.1 Å². The van der Waals surface area contributed by atoms with Crippen molar-refractivity contribution in [3.63, 3.8) is 0 Å². The van der Waals surface area contributed by atoms with Crippen molar-refractivity contribution in [2.45, 2.75) is 33.1 Å². The van der Waals surface area contributed by atoms with Crippen molar-refractivity contribution in [3.05, 3.63) is 96.2 Å². The van der Waals surface area contributed by atoms with Gasteiger partial charge in [0, 0.05) is 22.9 Å². The SMILES string of the molecule is CCCCOc1ccc(C(=O)N/N=C\c2cn(-c3ccccc3)nc2-c2ccc(OCCC)cc2)cc1. The molecular weight excluding hydrogens is 464 g/mol. The van der Waals surface area contributed by atoms with Gasteiger partial charge in [0.25, 0.3) is 5.91 Å². The lowest BCUT2D eigenvalue weighted by atomic mass is 10.1. The van der Waals surface area contributed by atoms with Crippen LogP contribution in [0, 0.1) is 0 Å². The van der Waals surface area contributed by atoms with Crippen molar-refractivity contribution in [2.24, 2.45) is 5.10 Å². The van der Waals surface area contributed by atoms with Crippen LogP contribution in [0.3, 0.4) is 0 Å². The molecule has 4 aromatic rings. The van der Waals surface area contributed by atoms with Crippen molar-refractivity contribution in [2.75, 3.05) is 13.2 Å². The lowest BCUT2D eigenvalue weighted by Crippen LogP contribution is -2.17. The molecule has 4 rings (SSSR count). The molecule has 7 heteroatoms. The standard InChI is InChI=1S/C30H32N4O3/c1-3-5-20-37-28-17-13-24(14-18-28)30(35)32-31-21-25-22-34(26-9-7-6-8-10-26)33-29(25)23-11-15-27(16-12-23)36-19-4-2/h6-18,21-22H,3-5,19-20H2,1-2H3,(H,32,35)/b31-21-. The number of carbonyl (C=O) groups is 1. The van der Waals surface area contributed by atoms with Gasteiger partial charge < -0.3 is 9.47 Å². The first-order valence-corrected chi connectivity index (χ1v) is 12.6. The molecule has 0 saturated heterocycles. The number of benzene rings is 3. The van der Waals surface area contributed by atoms with E-state index in [0.717, 1.165) is 53.3 Å². The van der Waals surface area contributed by atoms with Gasteiger partial charge in [0.05, 0.1) is 25.1 Å². The van der Waals surface area contributed by atoms with Crippen LogP contribution in [-0.2, 0) is 0 Å². The van der Waals surface area contributed by atoms with Crippen LogP contribution in [-0.4, -0.2) is 35.1 Å². The van der Waals surface area contributed by atoms with Crippen LogP contribution in [0.25, 0.3) is 16.9 Å². The summed E-state index contributed by atoms with van der Waals surface area (Å²) in [6, 6.07) is 24.7. The lowest BCUT2D eigenvalue weighted by Gasteiger charge is -2.06. The summed E-state index contributed by atoms with van der Waals surface area (Å²) in [4.78, 5) is 12.6. The number of hydrogen-bond acceptors (Lipinski definition) is 5. The minimum Gasteiger partial charge on any atom is -0.494 e. The third-order valence-corrected chi connectivity index (χ3v) is 5.62. The van der Waals surface area contributed by atoms with Crippen molar-refractivity contribution in [3.8, 4) is 28.4 Å². The van der Waals surface area contributed by atoms with Crippen molar-refractivity contribution in [1.82, 2.24) is 15.2 Å². The number of aromatic nitrogens is 2. The quantitative estimate of drug-likeness (QED) is 0.142. The van der Waals surface area contributed by atoms with E-state index in [1.165, 1.54) is 0 Å². The molecule has 0 saturated carbocycles. The van der Waals surface area contributed by atoms with Gasteiger partial charge in [-0.2, -0.15) is 10.2 Å². The number of amides is 1. The van der Waals surface area contributed by atoms with Crippen LogP contribution < -0.4 is 14.9 Å². The number of carbonyl (C=O) groups excluding carboxylic acids is 1. The van der Waals surface area contributed by atoms with Gasteiger partial charge >= 0.3 is 0 Å². The molecular formula is C30H32N4O3. The van der Waals surface area contributed by atoms with Gasteiger partial charge in [0.15, 0.2) is 0 Å². The molecule has 1 aromatic heterocycles. The summed E-state index contributed by atoms with van der Waals surface area (Å²) >= 11 is 0. The highest BCUT2D eigenvalue weighted by atomic mass is 16.5. The van der Waals surface area contributed by atoms with Gasteiger partial charge in [-0.3, -0.25) is 4.79 Å². The molecule has 0 bridgehead atoms. The third-order valence-electron chi connectivity index (χ3n) is 5.62. The largest absolute Gasteiger partial charge is 0.494 e. The number of para-hydroxylation sites is 1. The molecule has 37 heavy (non-hydrogen) atoms. The second kappa shape index (κ2) is 13.1. The molecule has 1 amide bonds. The third kappa shape index (κ3) is 7.07. The van der Waals surface area contributed by atoms with Crippen LogP contribution in [0.15, 0.2) is 90.2 Å². The smallest absolute Gasteiger partial charge is 0.271 e. The Morgan fingerprint density at radius 2 is 1.57 bits per heavy atom. The van der Waals surface area contributed by atoms with Crippen molar-refractivity contribution in [1.29, 1.82) is 0 Å². The van der Waals surface area contributed by atoms with Gasteiger partial charge in [0.2, 0.25) is 0 Å². The molecule has 7 nitrogen and oxygen atoms in total. The Bertz CT molecular complexity index is 1300. The Kier molecular flexibility index (Phi) is 9.07. The predicted molar refractivity (Wildman–Crippen MR) is 147 cm³/mol. The predicted octanol–water partition coefficient (Wildman–Crippen LogP) is 6.27. The fraction of sp³-hybridized carbons (Fsp3) is 0.233. The second-order valence-corrected chi connectivity index (χ2v) is 8.51. The summed E-state index contributed by atoms with van der Waals surface area (Å²) in [5.41, 5.74) is 6.48. The van der Waals surface area contributed by atoms with Gasteiger partial charge in [-0.15, -0.1) is 0 Å². The normalized spacial score (nSPS) is 11.0. The summed E-state index contributed by atoms with van der Waals surface area (Å²) in [5, 5.41) is 9.02. The number of hydrazone groups is 1. The average Bonchev–Trinajstić information content (AvgIpc) is 3.37. The molecule has 0 aliphatic rings. The Balaban J connectivity index is 1.50. The van der Waals surface area contributed by atoms with E-state index in [1.54, 1.807) is 35.2 Å². The number of hydrogen-bond donors (Lipinski definition) is 1. The molecule has 3 aromatic carbocycles. The van der Waals surface area contributed by atoms with Gasteiger partial charge in [0.1, 0.15) is 17.2 Å². The molecule has 0 aliphatic carbocycles. The Morgan fingerprint density at radius 3 is 2.24 bits per heavy atom. The minimum absolute atomic E-state index is 0.300. The number of nitrogens with one attached hydrogen (secondary N) is 1. The van der Waals surface area contributed by atoms with E-state index in [9.17, 15) is 4.79 Å². The summed E-state index contributed by atoms with van der Waals surface area (Å²) in [6.45, 7) is 5.53. The Morgan fingerprint density at radius 1 is 0.892 bits per heavy atom. The van der Waals surface area contributed by atoms with E-state index < -0.39 is 0 Å². The average molecular weight is 497 g/mol. The molecule has 1 N–H and O–H groups in total. The van der Waals surface area contributed by atoms with Gasteiger partial charge in [-0.25, -0.2) is 10.1 Å². The first-order valence-electron chi connectivity index (χ1n) is 12.6. The van der Waals surface area contributed by atoms with E-state index in [0.29, 0.717) is 18.8 Å². The maximum absolute atomic E-state index is 12.6. The summed E-state index contributed by atoms with van der Waals surface area (Å²) in [6.07, 6.45) is 6.53. The molecule has 0 unspecified atom stereocenters. The minimum atomic E-state index is -0.300. The van der Waals surface area contributed by atoms with E-state index in [2.05, 4.69) is 24.4 Å². The fourth-order valence-corrected chi connectivity index (χ4v) is 3.61. The van der Waals surface area contributed by atoms with Crippen LogP contribution >= 0.6 is 0 Å². The number of unbranched alkanes of at least 4 members (excludes halogenated alkanes) is 1. The van der Waals surface area contributed by atoms with Crippen LogP contribution in [0.2, 0.25) is 0 Å². The van der Waals surface area contributed by atoms with Gasteiger partial charge in [-0.1, -0.05) is 38.5 Å². The van der Waals surface area contributed by atoms with Crippen LogP contribution in [0.1, 0.15) is 49.0 Å². The number of ether oxygens (including phenoxy) is 2. The van der Waals surface area contributed by atoms with E-state index in [1.807, 2.05) is 60.8 Å². The zero-order valence-corrected chi connectivity index (χ0v) is 21.3. The highest BCUT2D eigenvalue weighted by molar-refractivity contribution is 5.95. The highest BCUT2D eigenvalue weighted by Gasteiger charge is 2.12. The molecule has 0 fully saturated rings. The maximum Gasteiger partial charge on any atom is 0.271 e. The van der Waals surface area contributed by atoms with Crippen LogP contribution in [0.4, 0.5) is 0 Å². The Hall–Kier alpha value is -4.39. The van der Waals surface area contributed by atoms with E-state index in [4.69, 9.17) is 14.6 Å². The molecule has 0 radical (unpaired) electrons.